The first-order valence-corrected chi connectivity index (χ1v) is 4.75. The number of hydrogen-bond donors (Lipinski definition) is 0. The smallest absolute Gasteiger partial charge is 0.337 e. The summed E-state index contributed by atoms with van der Waals surface area (Å²) in [5.41, 5.74) is 0.164. The third-order valence-corrected chi connectivity index (χ3v) is 2.28. The van der Waals surface area contributed by atoms with Gasteiger partial charge in [0.1, 0.15) is 5.82 Å². The first kappa shape index (κ1) is 13.7. The predicted molar refractivity (Wildman–Crippen MR) is 53.7 cm³/mol. The molecule has 0 spiro atoms. The predicted octanol–water partition coefficient (Wildman–Crippen LogP) is 3.34. The number of nitrogens with zero attached hydrogens (tertiary/aromatic N) is 2. The quantitative estimate of drug-likeness (QED) is 0.705. The summed E-state index contributed by atoms with van der Waals surface area (Å²) in [5.74, 6) is -4.38. The highest BCUT2D eigenvalue weighted by atomic mass is 19.4. The Kier molecular flexibility index (Phi) is 3.59. The Hall–Kier alpha value is -1.40. The number of halogens is 5. The molecule has 0 amide bonds. The minimum atomic E-state index is -5.51. The van der Waals surface area contributed by atoms with Crippen LogP contribution in [0, 0.1) is 0 Å². The van der Waals surface area contributed by atoms with E-state index in [-0.39, 0.29) is 5.71 Å². The average molecular weight is 254 g/mol. The second-order valence-electron chi connectivity index (χ2n) is 3.65. The summed E-state index contributed by atoms with van der Waals surface area (Å²) >= 11 is 0. The molecule has 0 aromatic carbocycles. The molecule has 0 fully saturated rings. The molecule has 1 aliphatic rings. The van der Waals surface area contributed by atoms with Gasteiger partial charge in [-0.15, -0.1) is 0 Å². The lowest BCUT2D eigenvalue weighted by Gasteiger charge is -2.21. The van der Waals surface area contributed by atoms with Crippen molar-refractivity contribution in [2.45, 2.75) is 24.9 Å². The molecule has 0 saturated heterocycles. The fourth-order valence-corrected chi connectivity index (χ4v) is 1.13. The van der Waals surface area contributed by atoms with Crippen molar-refractivity contribution in [2.75, 3.05) is 7.05 Å². The molecular weight excluding hydrogens is 243 g/mol. The van der Waals surface area contributed by atoms with Gasteiger partial charge in [0.05, 0.1) is 0 Å². The Morgan fingerprint density at radius 1 is 1.29 bits per heavy atom. The maximum atomic E-state index is 12.6. The molecule has 0 aliphatic carbocycles. The fraction of sp³-hybridized carbons (Fsp3) is 0.500. The van der Waals surface area contributed by atoms with Crippen molar-refractivity contribution in [2.24, 2.45) is 4.99 Å². The van der Waals surface area contributed by atoms with Crippen molar-refractivity contribution >= 4 is 5.71 Å². The lowest BCUT2D eigenvalue weighted by molar-refractivity contribution is -0.283. The number of alkyl halides is 5. The fourth-order valence-electron chi connectivity index (χ4n) is 1.13. The Morgan fingerprint density at radius 2 is 1.88 bits per heavy atom. The maximum absolute atomic E-state index is 12.6. The zero-order valence-corrected chi connectivity index (χ0v) is 9.06. The third kappa shape index (κ3) is 3.28. The Bertz CT molecular complexity index is 367. The standard InChI is InChI=1S/C10H11F5N2/c1-7-16-8(4-6-17(7)2)3-5-9(11,12)10(13,14)15/h4,6H,1,3,5H2,2H3. The summed E-state index contributed by atoms with van der Waals surface area (Å²) in [6.07, 6.45) is -4.37. The topological polar surface area (TPSA) is 15.6 Å². The van der Waals surface area contributed by atoms with Crippen LogP contribution in [0.1, 0.15) is 12.8 Å². The van der Waals surface area contributed by atoms with Crippen molar-refractivity contribution in [3.05, 3.63) is 24.7 Å². The van der Waals surface area contributed by atoms with E-state index in [1.807, 2.05) is 0 Å². The first-order chi connectivity index (χ1) is 7.63. The number of allylic oxidation sites excluding steroid dienone is 1. The van der Waals surface area contributed by atoms with Gasteiger partial charge in [-0.3, -0.25) is 0 Å². The van der Waals surface area contributed by atoms with E-state index < -0.39 is 24.9 Å². The number of hydrogen-bond acceptors (Lipinski definition) is 2. The minimum Gasteiger partial charge on any atom is -0.337 e. The van der Waals surface area contributed by atoms with Crippen molar-refractivity contribution in [3.63, 3.8) is 0 Å². The van der Waals surface area contributed by atoms with Crippen LogP contribution in [0.15, 0.2) is 29.7 Å². The molecule has 0 aromatic rings. The molecule has 0 bridgehead atoms. The van der Waals surface area contributed by atoms with Gasteiger partial charge in [-0.05, 0) is 12.5 Å². The highest BCUT2D eigenvalue weighted by Crippen LogP contribution is 2.39. The van der Waals surface area contributed by atoms with Gasteiger partial charge in [0.15, 0.2) is 0 Å². The van der Waals surface area contributed by atoms with E-state index in [1.54, 1.807) is 7.05 Å². The lowest BCUT2D eigenvalue weighted by atomic mass is 10.1. The molecule has 0 N–H and O–H groups in total. The normalized spacial score (nSPS) is 17.4. The van der Waals surface area contributed by atoms with Crippen LogP contribution in [0.25, 0.3) is 0 Å². The van der Waals surface area contributed by atoms with E-state index in [1.165, 1.54) is 17.2 Å². The van der Waals surface area contributed by atoms with Gasteiger partial charge in [0.2, 0.25) is 0 Å². The molecule has 7 heteroatoms. The van der Waals surface area contributed by atoms with Gasteiger partial charge in [0.25, 0.3) is 0 Å². The van der Waals surface area contributed by atoms with E-state index >= 15 is 0 Å². The van der Waals surface area contributed by atoms with Crippen LogP contribution in [0.5, 0.6) is 0 Å². The molecule has 0 unspecified atom stereocenters. The van der Waals surface area contributed by atoms with Crippen molar-refractivity contribution in [1.29, 1.82) is 0 Å². The molecule has 0 radical (unpaired) electrons. The van der Waals surface area contributed by atoms with Gasteiger partial charge in [0, 0.05) is 25.4 Å². The zero-order valence-electron chi connectivity index (χ0n) is 9.06. The Morgan fingerprint density at radius 3 is 2.35 bits per heavy atom. The second kappa shape index (κ2) is 4.46. The molecule has 0 aromatic heterocycles. The number of rotatable bonds is 3. The van der Waals surface area contributed by atoms with Crippen LogP contribution in [0.3, 0.4) is 0 Å². The third-order valence-electron chi connectivity index (χ3n) is 2.28. The molecule has 1 aliphatic heterocycles. The van der Waals surface area contributed by atoms with Gasteiger partial charge >= 0.3 is 12.1 Å². The molecule has 96 valence electrons. The molecule has 1 heterocycles. The van der Waals surface area contributed by atoms with E-state index in [0.29, 0.717) is 5.82 Å². The largest absolute Gasteiger partial charge is 0.453 e. The SMILES string of the molecule is C=C1N=C(CCC(F)(F)C(F)(F)F)C=CN1C. The lowest BCUT2D eigenvalue weighted by Crippen LogP contribution is -2.36. The Balaban J connectivity index is 2.62. The molecule has 0 saturated carbocycles. The van der Waals surface area contributed by atoms with Gasteiger partial charge in [-0.25, -0.2) is 4.99 Å². The number of aliphatic imine (C=N–C) groups is 1. The van der Waals surface area contributed by atoms with Crippen molar-refractivity contribution in [3.8, 4) is 0 Å². The molecule has 1 rings (SSSR count). The molecule has 0 atom stereocenters. The second-order valence-corrected chi connectivity index (χ2v) is 3.65. The summed E-state index contributed by atoms with van der Waals surface area (Å²) in [6.45, 7) is 3.52. The van der Waals surface area contributed by atoms with E-state index in [2.05, 4.69) is 11.6 Å². The first-order valence-electron chi connectivity index (χ1n) is 4.75. The van der Waals surface area contributed by atoms with Gasteiger partial charge in [-0.2, -0.15) is 22.0 Å². The maximum Gasteiger partial charge on any atom is 0.453 e. The van der Waals surface area contributed by atoms with Crippen molar-refractivity contribution in [1.82, 2.24) is 4.90 Å². The van der Waals surface area contributed by atoms with E-state index in [0.717, 1.165) is 0 Å². The molecule has 17 heavy (non-hydrogen) atoms. The summed E-state index contributed by atoms with van der Waals surface area (Å²) in [4.78, 5) is 5.34. The highest BCUT2D eigenvalue weighted by molar-refractivity contribution is 5.96. The van der Waals surface area contributed by atoms with Crippen molar-refractivity contribution < 1.29 is 22.0 Å². The van der Waals surface area contributed by atoms with Crippen LogP contribution in [0.2, 0.25) is 0 Å². The monoisotopic (exact) mass is 254 g/mol. The average Bonchev–Trinajstić information content (AvgIpc) is 2.18. The van der Waals surface area contributed by atoms with Crippen LogP contribution in [0.4, 0.5) is 22.0 Å². The Labute approximate surface area is 95.1 Å². The molecular formula is C10H11F5N2. The molecule has 2 nitrogen and oxygen atoms in total. The van der Waals surface area contributed by atoms with Crippen LogP contribution < -0.4 is 0 Å². The van der Waals surface area contributed by atoms with Gasteiger partial charge < -0.3 is 4.90 Å². The van der Waals surface area contributed by atoms with Crippen LogP contribution in [-0.4, -0.2) is 29.8 Å². The minimum absolute atomic E-state index is 0.164. The summed E-state index contributed by atoms with van der Waals surface area (Å²) in [7, 11) is 1.64. The van der Waals surface area contributed by atoms with E-state index in [4.69, 9.17) is 0 Å². The summed E-state index contributed by atoms with van der Waals surface area (Å²) < 4.78 is 60.9. The summed E-state index contributed by atoms with van der Waals surface area (Å²) in [6, 6.07) is 0. The van der Waals surface area contributed by atoms with Gasteiger partial charge in [-0.1, -0.05) is 6.58 Å². The highest BCUT2D eigenvalue weighted by Gasteiger charge is 2.56. The van der Waals surface area contributed by atoms with Crippen LogP contribution >= 0.6 is 0 Å². The van der Waals surface area contributed by atoms with Crippen LogP contribution in [-0.2, 0) is 0 Å². The van der Waals surface area contributed by atoms with E-state index in [9.17, 15) is 22.0 Å². The zero-order chi connectivity index (χ0) is 13.3. The summed E-state index contributed by atoms with van der Waals surface area (Å²) in [5, 5.41) is 0.